The van der Waals surface area contributed by atoms with Gasteiger partial charge in [-0.2, -0.15) is 0 Å². The third kappa shape index (κ3) is 0.700. The maximum absolute atomic E-state index is 5.31. The molecule has 2 saturated heterocycles. The van der Waals surface area contributed by atoms with Gasteiger partial charge in [-0.15, -0.1) is 0 Å². The smallest absolute Gasteiger partial charge is 0.162 e. The molecule has 2 aliphatic rings. The quantitative estimate of drug-likeness (QED) is 0.357. The summed E-state index contributed by atoms with van der Waals surface area (Å²) < 4.78 is 6.56. The summed E-state index contributed by atoms with van der Waals surface area (Å²) in [7, 11) is 0. The molecule has 9 heavy (non-hydrogen) atoms. The monoisotopic (exact) mass is 127 g/mol. The molecule has 1 radical (unpaired) electrons. The van der Waals surface area contributed by atoms with E-state index in [-0.39, 0.29) is 0 Å². The summed E-state index contributed by atoms with van der Waals surface area (Å²) in [6.45, 7) is 9.46. The molecule has 2 atom stereocenters. The molecular formula is C7H13NO+. The number of morpholine rings is 1. The maximum atomic E-state index is 5.31. The summed E-state index contributed by atoms with van der Waals surface area (Å²) in [4.78, 5) is 0. The van der Waals surface area contributed by atoms with Gasteiger partial charge in [-0.3, -0.25) is 0 Å². The predicted molar refractivity (Wildman–Crippen MR) is 34.8 cm³/mol. The van der Waals surface area contributed by atoms with E-state index in [1.165, 1.54) is 17.6 Å². The predicted octanol–water partition coefficient (Wildman–Crippen LogP) is 0.0497. The van der Waals surface area contributed by atoms with E-state index in [1.807, 2.05) is 0 Å². The van der Waals surface area contributed by atoms with Crippen LogP contribution in [-0.4, -0.2) is 43.4 Å². The van der Waals surface area contributed by atoms with E-state index in [0.717, 1.165) is 25.8 Å². The van der Waals surface area contributed by atoms with Crippen molar-refractivity contribution < 1.29 is 9.22 Å². The summed E-state index contributed by atoms with van der Waals surface area (Å²) in [5.41, 5.74) is 0. The molecule has 2 heterocycles. The van der Waals surface area contributed by atoms with Crippen molar-refractivity contribution in [3.05, 3.63) is 6.92 Å². The minimum absolute atomic E-state index is 0.816. The highest BCUT2D eigenvalue weighted by molar-refractivity contribution is 4.77. The molecule has 0 aliphatic carbocycles. The first-order valence-corrected chi connectivity index (χ1v) is 3.60. The molecule has 0 saturated carbocycles. The minimum Gasteiger partial charge on any atom is -0.369 e. The minimum atomic E-state index is 0.816. The molecule has 0 aromatic carbocycles. The average Bonchev–Trinajstić information content (AvgIpc) is 2.62. The van der Waals surface area contributed by atoms with Crippen LogP contribution >= 0.6 is 0 Å². The van der Waals surface area contributed by atoms with Crippen molar-refractivity contribution in [3.8, 4) is 0 Å². The van der Waals surface area contributed by atoms with Gasteiger partial charge in [0, 0.05) is 6.92 Å². The Labute approximate surface area is 56.0 Å². The van der Waals surface area contributed by atoms with Gasteiger partial charge < -0.3 is 9.22 Å². The molecule has 2 rings (SSSR count). The van der Waals surface area contributed by atoms with Crippen LogP contribution in [0.4, 0.5) is 0 Å². The standard InChI is InChI=1S/C7H13NO/c1-2-8-3-4-9-6-7(8)5-8/h7H,1-6H2/q+1. The fourth-order valence-electron chi connectivity index (χ4n) is 1.71. The van der Waals surface area contributed by atoms with Crippen LogP contribution < -0.4 is 0 Å². The Morgan fingerprint density at radius 3 is 3.11 bits per heavy atom. The molecule has 0 amide bonds. The second-order valence-electron chi connectivity index (χ2n) is 3.08. The van der Waals surface area contributed by atoms with Crippen LogP contribution in [0.3, 0.4) is 0 Å². The Hall–Kier alpha value is -0.0800. The molecule has 2 heteroatoms. The van der Waals surface area contributed by atoms with Gasteiger partial charge in [-0.05, 0) is 0 Å². The summed E-state index contributed by atoms with van der Waals surface area (Å²) >= 11 is 0. The van der Waals surface area contributed by atoms with Crippen LogP contribution in [0, 0.1) is 6.92 Å². The highest BCUT2D eigenvalue weighted by Gasteiger charge is 2.55. The lowest BCUT2D eigenvalue weighted by Gasteiger charge is -2.22. The summed E-state index contributed by atoms with van der Waals surface area (Å²) in [6, 6.07) is 0.816. The number of ether oxygens (including phenoxy) is 1. The summed E-state index contributed by atoms with van der Waals surface area (Å²) in [5, 5.41) is 0. The molecule has 2 nitrogen and oxygen atoms in total. The molecule has 0 spiro atoms. The van der Waals surface area contributed by atoms with E-state index < -0.39 is 0 Å². The Bertz CT molecular complexity index is 126. The number of fused-ring (bicyclic) bond motifs is 1. The van der Waals surface area contributed by atoms with Gasteiger partial charge >= 0.3 is 0 Å². The second kappa shape index (κ2) is 1.70. The molecule has 0 aromatic rings. The molecule has 51 valence electrons. The van der Waals surface area contributed by atoms with Gasteiger partial charge in [0.05, 0.1) is 13.2 Å². The van der Waals surface area contributed by atoms with Crippen LogP contribution in [0.2, 0.25) is 0 Å². The van der Waals surface area contributed by atoms with Crippen LogP contribution in [0.1, 0.15) is 0 Å². The topological polar surface area (TPSA) is 9.23 Å². The van der Waals surface area contributed by atoms with Crippen molar-refractivity contribution in [2.45, 2.75) is 6.04 Å². The lowest BCUT2D eigenvalue weighted by atomic mass is 10.4. The highest BCUT2D eigenvalue weighted by atomic mass is 16.5. The Morgan fingerprint density at radius 2 is 2.56 bits per heavy atom. The number of hydrogen-bond acceptors (Lipinski definition) is 1. The molecule has 0 aromatic heterocycles. The third-order valence-electron chi connectivity index (χ3n) is 2.65. The fraction of sp³-hybridized carbons (Fsp3) is 0.857. The van der Waals surface area contributed by atoms with Crippen molar-refractivity contribution in [1.29, 1.82) is 0 Å². The summed E-state index contributed by atoms with van der Waals surface area (Å²) in [5.74, 6) is 0. The van der Waals surface area contributed by atoms with Gasteiger partial charge in [0.15, 0.2) is 6.04 Å². The first-order valence-electron chi connectivity index (χ1n) is 3.60. The first-order chi connectivity index (χ1) is 4.37. The SMILES string of the molecule is [CH2]C[N+]12CCOCC1C2. The lowest BCUT2D eigenvalue weighted by molar-refractivity contribution is -0.816. The van der Waals surface area contributed by atoms with Crippen molar-refractivity contribution in [2.24, 2.45) is 0 Å². The van der Waals surface area contributed by atoms with E-state index in [4.69, 9.17) is 4.74 Å². The molecular weight excluding hydrogens is 114 g/mol. The lowest BCUT2D eigenvalue weighted by Crippen LogP contribution is -2.38. The molecule has 2 unspecified atom stereocenters. The zero-order valence-corrected chi connectivity index (χ0v) is 5.68. The van der Waals surface area contributed by atoms with Crippen molar-refractivity contribution in [1.82, 2.24) is 0 Å². The van der Waals surface area contributed by atoms with Crippen molar-refractivity contribution in [2.75, 3.05) is 32.8 Å². The Kier molecular flexibility index (Phi) is 1.08. The van der Waals surface area contributed by atoms with Crippen LogP contribution in [0.25, 0.3) is 0 Å². The van der Waals surface area contributed by atoms with Crippen LogP contribution in [0.5, 0.6) is 0 Å². The Balaban J connectivity index is 2.01. The number of nitrogens with zero attached hydrogens (tertiary/aromatic N) is 1. The van der Waals surface area contributed by atoms with Crippen molar-refractivity contribution >= 4 is 0 Å². The van der Waals surface area contributed by atoms with Crippen LogP contribution in [0.15, 0.2) is 0 Å². The normalized spacial score (nSPS) is 48.3. The molecule has 0 N–H and O–H groups in total. The van der Waals surface area contributed by atoms with E-state index in [2.05, 4.69) is 6.92 Å². The third-order valence-corrected chi connectivity index (χ3v) is 2.65. The van der Waals surface area contributed by atoms with E-state index >= 15 is 0 Å². The van der Waals surface area contributed by atoms with Gasteiger partial charge in [0.25, 0.3) is 0 Å². The molecule has 0 bridgehead atoms. The second-order valence-corrected chi connectivity index (χ2v) is 3.08. The van der Waals surface area contributed by atoms with Gasteiger partial charge in [-0.25, -0.2) is 0 Å². The zero-order valence-electron chi connectivity index (χ0n) is 5.68. The van der Waals surface area contributed by atoms with Gasteiger partial charge in [-0.1, -0.05) is 0 Å². The number of hydrogen-bond donors (Lipinski definition) is 0. The van der Waals surface area contributed by atoms with Crippen LogP contribution in [-0.2, 0) is 4.74 Å². The zero-order chi connectivity index (χ0) is 6.32. The number of rotatable bonds is 1. The van der Waals surface area contributed by atoms with E-state index in [0.29, 0.717) is 0 Å². The largest absolute Gasteiger partial charge is 0.369 e. The average molecular weight is 127 g/mol. The highest BCUT2D eigenvalue weighted by Crippen LogP contribution is 2.32. The van der Waals surface area contributed by atoms with Crippen molar-refractivity contribution in [3.63, 3.8) is 0 Å². The fourth-order valence-corrected chi connectivity index (χ4v) is 1.71. The van der Waals surface area contributed by atoms with E-state index in [1.54, 1.807) is 0 Å². The maximum Gasteiger partial charge on any atom is 0.162 e. The molecule has 2 aliphatic heterocycles. The van der Waals surface area contributed by atoms with Gasteiger partial charge in [0.1, 0.15) is 19.7 Å². The number of quaternary nitrogens is 1. The first kappa shape index (κ1) is 5.69. The van der Waals surface area contributed by atoms with Gasteiger partial charge in [0.2, 0.25) is 0 Å². The Morgan fingerprint density at radius 1 is 1.67 bits per heavy atom. The van der Waals surface area contributed by atoms with E-state index in [9.17, 15) is 0 Å². The molecule has 2 fully saturated rings. The summed E-state index contributed by atoms with van der Waals surface area (Å²) in [6.07, 6.45) is 0.